The van der Waals surface area contributed by atoms with E-state index in [1.54, 1.807) is 12.1 Å². The number of benzene rings is 1. The highest BCUT2D eigenvalue weighted by Gasteiger charge is 2.31. The van der Waals surface area contributed by atoms with E-state index in [-0.39, 0.29) is 14.9 Å². The Balaban J connectivity index is 2.28. The van der Waals surface area contributed by atoms with Gasteiger partial charge in [0.05, 0.1) is 10.0 Å². The summed E-state index contributed by atoms with van der Waals surface area (Å²) >= 11 is 11.9. The molecule has 7 heteroatoms. The summed E-state index contributed by atoms with van der Waals surface area (Å²) < 4.78 is 26.8. The first kappa shape index (κ1) is 16.0. The second-order valence-corrected chi connectivity index (χ2v) is 7.69. The van der Waals surface area contributed by atoms with Gasteiger partial charge in [0.2, 0.25) is 10.0 Å². The van der Waals surface area contributed by atoms with Gasteiger partial charge in [-0.2, -0.15) is 4.31 Å². The molecule has 0 bridgehead atoms. The molecular formula is C13H18Cl2N2O2S. The van der Waals surface area contributed by atoms with E-state index in [1.807, 2.05) is 0 Å². The van der Waals surface area contributed by atoms with Crippen molar-refractivity contribution in [3.05, 3.63) is 28.2 Å². The average Bonchev–Trinajstić information content (AvgIpc) is 2.42. The second kappa shape index (κ2) is 6.62. The van der Waals surface area contributed by atoms with E-state index in [1.165, 1.54) is 10.4 Å². The number of hydrogen-bond acceptors (Lipinski definition) is 3. The number of sulfonamides is 1. The molecule has 1 aliphatic heterocycles. The van der Waals surface area contributed by atoms with E-state index in [4.69, 9.17) is 28.9 Å². The molecule has 0 aliphatic carbocycles. The minimum atomic E-state index is -3.59. The third kappa shape index (κ3) is 3.28. The summed E-state index contributed by atoms with van der Waals surface area (Å²) in [5.41, 5.74) is 5.56. The monoisotopic (exact) mass is 336 g/mol. The van der Waals surface area contributed by atoms with Crippen molar-refractivity contribution in [2.75, 3.05) is 19.6 Å². The molecule has 2 rings (SSSR count). The van der Waals surface area contributed by atoms with Crippen molar-refractivity contribution in [3.63, 3.8) is 0 Å². The van der Waals surface area contributed by atoms with Crippen LogP contribution >= 0.6 is 23.2 Å². The molecule has 1 unspecified atom stereocenters. The molecule has 20 heavy (non-hydrogen) atoms. The SMILES string of the molecule is NCCC1CCCN(S(=O)(=O)c2cccc(Cl)c2Cl)C1. The minimum Gasteiger partial charge on any atom is -0.330 e. The zero-order valence-electron chi connectivity index (χ0n) is 11.1. The summed E-state index contributed by atoms with van der Waals surface area (Å²) in [6.07, 6.45) is 2.71. The zero-order chi connectivity index (χ0) is 14.8. The first-order valence-corrected chi connectivity index (χ1v) is 8.80. The van der Waals surface area contributed by atoms with Crippen LogP contribution in [0.25, 0.3) is 0 Å². The Morgan fingerprint density at radius 2 is 2.10 bits per heavy atom. The van der Waals surface area contributed by atoms with Crippen LogP contribution in [0.4, 0.5) is 0 Å². The Morgan fingerprint density at radius 1 is 1.35 bits per heavy atom. The van der Waals surface area contributed by atoms with Gasteiger partial charge in [0, 0.05) is 13.1 Å². The van der Waals surface area contributed by atoms with Gasteiger partial charge in [0.1, 0.15) is 4.90 Å². The van der Waals surface area contributed by atoms with Crippen LogP contribution in [0.5, 0.6) is 0 Å². The third-order valence-corrected chi connectivity index (χ3v) is 6.43. The number of rotatable bonds is 4. The minimum absolute atomic E-state index is 0.0834. The summed E-state index contributed by atoms with van der Waals surface area (Å²) in [5, 5.41) is 0.346. The Morgan fingerprint density at radius 3 is 2.80 bits per heavy atom. The highest BCUT2D eigenvalue weighted by atomic mass is 35.5. The van der Waals surface area contributed by atoms with E-state index in [0.717, 1.165) is 19.3 Å². The van der Waals surface area contributed by atoms with Gasteiger partial charge in [-0.15, -0.1) is 0 Å². The van der Waals surface area contributed by atoms with Crippen molar-refractivity contribution in [1.29, 1.82) is 0 Å². The molecule has 1 aromatic rings. The van der Waals surface area contributed by atoms with Crippen molar-refractivity contribution in [3.8, 4) is 0 Å². The molecule has 1 fully saturated rings. The summed E-state index contributed by atoms with van der Waals surface area (Å²) in [6, 6.07) is 4.68. The van der Waals surface area contributed by atoms with Gasteiger partial charge in [-0.25, -0.2) is 8.42 Å². The third-order valence-electron chi connectivity index (χ3n) is 3.59. The summed E-state index contributed by atoms with van der Waals surface area (Å²) in [4.78, 5) is 0.0834. The quantitative estimate of drug-likeness (QED) is 0.919. The van der Waals surface area contributed by atoms with Gasteiger partial charge in [-0.1, -0.05) is 29.3 Å². The van der Waals surface area contributed by atoms with Crippen molar-refractivity contribution in [1.82, 2.24) is 4.31 Å². The number of nitrogens with two attached hydrogens (primary N) is 1. The summed E-state index contributed by atoms with van der Waals surface area (Å²) in [7, 11) is -3.59. The molecule has 1 heterocycles. The van der Waals surface area contributed by atoms with Crippen LogP contribution in [-0.2, 0) is 10.0 Å². The van der Waals surface area contributed by atoms with Crippen LogP contribution in [0.1, 0.15) is 19.3 Å². The van der Waals surface area contributed by atoms with Crippen LogP contribution in [0.15, 0.2) is 23.1 Å². The van der Waals surface area contributed by atoms with E-state index in [9.17, 15) is 8.42 Å². The lowest BCUT2D eigenvalue weighted by Gasteiger charge is -2.32. The molecule has 0 saturated carbocycles. The highest BCUT2D eigenvalue weighted by molar-refractivity contribution is 7.89. The maximum absolute atomic E-state index is 12.7. The topological polar surface area (TPSA) is 63.4 Å². The van der Waals surface area contributed by atoms with Gasteiger partial charge in [-0.3, -0.25) is 0 Å². The largest absolute Gasteiger partial charge is 0.330 e. The molecule has 0 aromatic heterocycles. The molecule has 112 valence electrons. The van der Waals surface area contributed by atoms with Crippen molar-refractivity contribution in [2.24, 2.45) is 11.7 Å². The van der Waals surface area contributed by atoms with Gasteiger partial charge in [0.15, 0.2) is 0 Å². The fraction of sp³-hybridized carbons (Fsp3) is 0.538. The first-order chi connectivity index (χ1) is 9.46. The van der Waals surface area contributed by atoms with E-state index in [2.05, 4.69) is 0 Å². The maximum atomic E-state index is 12.7. The Labute approximate surface area is 129 Å². The molecule has 1 aromatic carbocycles. The Kier molecular flexibility index (Phi) is 5.31. The van der Waals surface area contributed by atoms with Crippen LogP contribution in [-0.4, -0.2) is 32.4 Å². The smallest absolute Gasteiger partial charge is 0.244 e. The lowest BCUT2D eigenvalue weighted by atomic mass is 9.96. The Hall–Kier alpha value is -0.330. The predicted octanol–water partition coefficient (Wildman–Crippen LogP) is 2.74. The molecule has 2 N–H and O–H groups in total. The van der Waals surface area contributed by atoms with Crippen molar-refractivity contribution in [2.45, 2.75) is 24.2 Å². The van der Waals surface area contributed by atoms with Crippen LogP contribution in [0.3, 0.4) is 0 Å². The number of piperidine rings is 1. The second-order valence-electron chi connectivity index (χ2n) is 5.00. The van der Waals surface area contributed by atoms with Gasteiger partial charge < -0.3 is 5.73 Å². The number of hydrogen-bond donors (Lipinski definition) is 1. The predicted molar refractivity (Wildman–Crippen MR) is 81.6 cm³/mol. The zero-order valence-corrected chi connectivity index (χ0v) is 13.4. The van der Waals surface area contributed by atoms with Crippen molar-refractivity contribution >= 4 is 33.2 Å². The molecular weight excluding hydrogens is 319 g/mol. The molecule has 4 nitrogen and oxygen atoms in total. The average molecular weight is 337 g/mol. The van der Waals surface area contributed by atoms with E-state index >= 15 is 0 Å². The van der Waals surface area contributed by atoms with Crippen LogP contribution in [0, 0.1) is 5.92 Å². The van der Waals surface area contributed by atoms with Gasteiger partial charge in [0.25, 0.3) is 0 Å². The number of halogens is 2. The normalized spacial score (nSPS) is 21.1. The lowest BCUT2D eigenvalue weighted by molar-refractivity contribution is 0.258. The maximum Gasteiger partial charge on any atom is 0.244 e. The van der Waals surface area contributed by atoms with Crippen molar-refractivity contribution < 1.29 is 8.42 Å². The fourth-order valence-electron chi connectivity index (χ4n) is 2.54. The molecule has 1 aliphatic rings. The van der Waals surface area contributed by atoms with Gasteiger partial charge >= 0.3 is 0 Å². The molecule has 1 saturated heterocycles. The Bertz CT molecular complexity index is 576. The molecule has 0 amide bonds. The van der Waals surface area contributed by atoms with Crippen LogP contribution < -0.4 is 5.73 Å². The van der Waals surface area contributed by atoms with Crippen LogP contribution in [0.2, 0.25) is 10.0 Å². The summed E-state index contributed by atoms with van der Waals surface area (Å²) in [5.74, 6) is 0.321. The van der Waals surface area contributed by atoms with E-state index in [0.29, 0.717) is 25.6 Å². The molecule has 1 atom stereocenters. The van der Waals surface area contributed by atoms with Gasteiger partial charge in [-0.05, 0) is 43.9 Å². The summed E-state index contributed by atoms with van der Waals surface area (Å²) in [6.45, 7) is 1.60. The van der Waals surface area contributed by atoms with E-state index < -0.39 is 10.0 Å². The first-order valence-electron chi connectivity index (χ1n) is 6.61. The fourth-order valence-corrected chi connectivity index (χ4v) is 4.83. The number of nitrogens with zero attached hydrogens (tertiary/aromatic N) is 1. The molecule has 0 spiro atoms. The lowest BCUT2D eigenvalue weighted by Crippen LogP contribution is -2.40. The highest BCUT2D eigenvalue weighted by Crippen LogP contribution is 2.32. The standard InChI is InChI=1S/C13H18Cl2N2O2S/c14-11-4-1-5-12(13(11)15)20(18,19)17-8-2-3-10(9-17)6-7-16/h1,4-5,10H,2-3,6-9,16H2. The molecule has 0 radical (unpaired) electrons.